The van der Waals surface area contributed by atoms with E-state index in [-0.39, 0.29) is 22.6 Å². The fourth-order valence-corrected chi connectivity index (χ4v) is 5.45. The van der Waals surface area contributed by atoms with Gasteiger partial charge in [0.1, 0.15) is 18.1 Å². The van der Waals surface area contributed by atoms with Crippen LogP contribution in [0.15, 0.2) is 36.4 Å². The Morgan fingerprint density at radius 2 is 1.97 bits per heavy atom. The van der Waals surface area contributed by atoms with Gasteiger partial charge in [-0.05, 0) is 48.1 Å². The first-order chi connectivity index (χ1) is 16.0. The molecule has 4 atom stereocenters. The maximum atomic E-state index is 15.5. The van der Waals surface area contributed by atoms with Crippen LogP contribution >= 0.6 is 23.2 Å². The van der Waals surface area contributed by atoms with E-state index in [1.54, 1.807) is 44.3 Å². The van der Waals surface area contributed by atoms with Crippen molar-refractivity contribution in [2.75, 3.05) is 19.0 Å². The molecule has 1 aliphatic rings. The molecule has 8 heteroatoms. The van der Waals surface area contributed by atoms with Gasteiger partial charge >= 0.3 is 5.97 Å². The third-order valence-electron chi connectivity index (χ3n) is 6.39. The van der Waals surface area contributed by atoms with Crippen molar-refractivity contribution in [2.24, 2.45) is 5.41 Å². The van der Waals surface area contributed by atoms with Gasteiger partial charge in [0.25, 0.3) is 0 Å². The summed E-state index contributed by atoms with van der Waals surface area (Å²) in [6, 6.07) is 8.35. The number of esters is 1. The number of carbonyl (C=O) groups excluding carboxylic acids is 2. The molecule has 0 saturated carbocycles. The fourth-order valence-electron chi connectivity index (χ4n) is 5.09. The van der Waals surface area contributed by atoms with Crippen LogP contribution in [0.3, 0.4) is 0 Å². The highest BCUT2D eigenvalue weighted by Gasteiger charge is 2.60. The Labute approximate surface area is 210 Å². The van der Waals surface area contributed by atoms with Crippen LogP contribution < -0.4 is 10.6 Å². The second kappa shape index (κ2) is 10.2. The van der Waals surface area contributed by atoms with Gasteiger partial charge in [0.15, 0.2) is 0 Å². The molecule has 5 nitrogen and oxygen atoms in total. The van der Waals surface area contributed by atoms with E-state index < -0.39 is 35.2 Å². The minimum absolute atomic E-state index is 0.0795. The number of aldehydes is 1. The smallest absolute Gasteiger partial charge is 0.323 e. The Hall–Kier alpha value is -2.15. The van der Waals surface area contributed by atoms with Gasteiger partial charge in [-0.2, -0.15) is 0 Å². The van der Waals surface area contributed by atoms with Crippen molar-refractivity contribution in [1.29, 1.82) is 0 Å². The van der Waals surface area contributed by atoms with Gasteiger partial charge in [-0.1, -0.05) is 62.2 Å². The van der Waals surface area contributed by atoms with Crippen molar-refractivity contribution in [2.45, 2.75) is 57.5 Å². The molecule has 0 aromatic heterocycles. The highest BCUT2D eigenvalue weighted by atomic mass is 35.5. The van der Waals surface area contributed by atoms with Gasteiger partial charge < -0.3 is 14.8 Å². The van der Waals surface area contributed by atoms with Crippen LogP contribution in [0, 0.1) is 11.2 Å². The highest BCUT2D eigenvalue weighted by Crippen LogP contribution is 2.53. The molecule has 0 bridgehead atoms. The Balaban J connectivity index is 2.39. The monoisotopic (exact) mass is 508 g/mol. The van der Waals surface area contributed by atoms with Crippen LogP contribution in [0.25, 0.3) is 0 Å². The predicted octanol–water partition coefficient (Wildman–Crippen LogP) is 5.73. The number of hydrogen-bond donors (Lipinski definition) is 2. The first-order valence-electron chi connectivity index (χ1n) is 11.3. The molecule has 0 amide bonds. The molecule has 0 spiro atoms. The Bertz CT molecular complexity index is 1070. The SMILES string of the molecule is CCOC(=O)[C@@H]1N[C@H](CC(C)(C)C)[C@@](C=O)(c2ccc(Cl)cc2NC)[C@H]1c1cccc(Cl)c1F. The minimum Gasteiger partial charge on any atom is -0.465 e. The van der Waals surface area contributed by atoms with E-state index in [1.807, 2.05) is 0 Å². The number of benzene rings is 2. The number of hydrogen-bond acceptors (Lipinski definition) is 5. The van der Waals surface area contributed by atoms with E-state index in [1.165, 1.54) is 6.07 Å². The lowest BCUT2D eigenvalue weighted by atomic mass is 9.62. The molecule has 0 radical (unpaired) electrons. The number of ether oxygens (including phenoxy) is 1. The van der Waals surface area contributed by atoms with Crippen LogP contribution in [-0.2, 0) is 19.7 Å². The molecule has 1 aliphatic heterocycles. The number of carbonyl (C=O) groups is 2. The lowest BCUT2D eigenvalue weighted by molar-refractivity contribution is -0.145. The summed E-state index contributed by atoms with van der Waals surface area (Å²) in [4.78, 5) is 26.5. The zero-order chi connectivity index (χ0) is 25.3. The molecule has 1 heterocycles. The van der Waals surface area contributed by atoms with Crippen molar-refractivity contribution in [1.82, 2.24) is 5.32 Å². The van der Waals surface area contributed by atoms with E-state index in [9.17, 15) is 9.59 Å². The summed E-state index contributed by atoms with van der Waals surface area (Å²) in [5, 5.41) is 6.88. The maximum absolute atomic E-state index is 15.5. The third kappa shape index (κ3) is 4.81. The molecule has 2 N–H and O–H groups in total. The van der Waals surface area contributed by atoms with Crippen molar-refractivity contribution < 1.29 is 18.7 Å². The first kappa shape index (κ1) is 26.5. The predicted molar refractivity (Wildman–Crippen MR) is 134 cm³/mol. The molecule has 1 fully saturated rings. The van der Waals surface area contributed by atoms with E-state index in [0.29, 0.717) is 22.7 Å². The quantitative estimate of drug-likeness (QED) is 0.369. The topological polar surface area (TPSA) is 67.4 Å². The molecular formula is C26H31Cl2FN2O3. The van der Waals surface area contributed by atoms with Crippen molar-refractivity contribution in [3.63, 3.8) is 0 Å². The van der Waals surface area contributed by atoms with Crippen molar-refractivity contribution in [3.8, 4) is 0 Å². The fraction of sp³-hybridized carbons (Fsp3) is 0.462. The lowest BCUT2D eigenvalue weighted by Crippen LogP contribution is -2.46. The number of halogens is 3. The summed E-state index contributed by atoms with van der Waals surface area (Å²) in [7, 11) is 1.73. The summed E-state index contributed by atoms with van der Waals surface area (Å²) >= 11 is 12.4. The zero-order valence-electron chi connectivity index (χ0n) is 20.0. The summed E-state index contributed by atoms with van der Waals surface area (Å²) in [6.45, 7) is 8.02. The summed E-state index contributed by atoms with van der Waals surface area (Å²) in [5.74, 6) is -2.12. The standard InChI is InChI=1S/C26H31Cl2FN2O3/c1-6-34-24(33)23-21(16-8-7-9-18(28)22(16)29)26(14-32,20(31-23)13-25(2,3)4)17-11-10-15(27)12-19(17)30-5/h7-12,14,20-21,23,30-31H,6,13H2,1-5H3/t20-,21+,23-,26-/m1/s1. The van der Waals surface area contributed by atoms with Crippen LogP contribution in [0.4, 0.5) is 10.1 Å². The second-order valence-electron chi connectivity index (χ2n) is 9.83. The van der Waals surface area contributed by atoms with E-state index in [4.69, 9.17) is 27.9 Å². The van der Waals surface area contributed by atoms with Gasteiger partial charge in [0, 0.05) is 29.7 Å². The van der Waals surface area contributed by atoms with Gasteiger partial charge in [0.2, 0.25) is 0 Å². The summed E-state index contributed by atoms with van der Waals surface area (Å²) < 4.78 is 20.9. The number of rotatable bonds is 7. The van der Waals surface area contributed by atoms with Crippen LogP contribution in [0.1, 0.15) is 51.2 Å². The molecule has 3 rings (SSSR count). The lowest BCUT2D eigenvalue weighted by Gasteiger charge is -2.39. The van der Waals surface area contributed by atoms with Gasteiger partial charge in [-0.25, -0.2) is 4.39 Å². The van der Waals surface area contributed by atoms with E-state index >= 15 is 4.39 Å². The van der Waals surface area contributed by atoms with Crippen LogP contribution in [0.5, 0.6) is 0 Å². The number of nitrogens with one attached hydrogen (secondary N) is 2. The van der Waals surface area contributed by atoms with Crippen LogP contribution in [0.2, 0.25) is 10.0 Å². The first-order valence-corrected chi connectivity index (χ1v) is 12.1. The van der Waals surface area contributed by atoms with E-state index in [2.05, 4.69) is 31.4 Å². The minimum atomic E-state index is -1.32. The van der Waals surface area contributed by atoms with Gasteiger partial charge in [-0.3, -0.25) is 10.1 Å². The highest BCUT2D eigenvalue weighted by molar-refractivity contribution is 6.31. The molecule has 34 heavy (non-hydrogen) atoms. The number of anilines is 1. The third-order valence-corrected chi connectivity index (χ3v) is 6.92. The molecule has 2 aromatic rings. The largest absolute Gasteiger partial charge is 0.465 e. The molecule has 184 valence electrons. The zero-order valence-corrected chi connectivity index (χ0v) is 21.6. The Morgan fingerprint density at radius 3 is 2.56 bits per heavy atom. The molecule has 0 aliphatic carbocycles. The van der Waals surface area contributed by atoms with Crippen molar-refractivity contribution >= 4 is 41.1 Å². The normalized spacial score (nSPS) is 24.6. The van der Waals surface area contributed by atoms with Gasteiger partial charge in [-0.15, -0.1) is 0 Å². The Morgan fingerprint density at radius 1 is 1.26 bits per heavy atom. The second-order valence-corrected chi connectivity index (χ2v) is 10.7. The Kier molecular flexibility index (Phi) is 7.96. The molecule has 2 aromatic carbocycles. The summed E-state index contributed by atoms with van der Waals surface area (Å²) in [5.41, 5.74) is -0.110. The van der Waals surface area contributed by atoms with Crippen LogP contribution in [-0.4, -0.2) is 38.0 Å². The molecular weight excluding hydrogens is 478 g/mol. The molecule has 0 unspecified atom stereocenters. The average Bonchev–Trinajstić information content (AvgIpc) is 3.08. The average molecular weight is 509 g/mol. The van der Waals surface area contributed by atoms with E-state index in [0.717, 1.165) is 6.29 Å². The summed E-state index contributed by atoms with van der Waals surface area (Å²) in [6.07, 6.45) is 1.37. The maximum Gasteiger partial charge on any atom is 0.323 e. The molecule has 1 saturated heterocycles. The van der Waals surface area contributed by atoms with Crippen molar-refractivity contribution in [3.05, 3.63) is 63.4 Å². The van der Waals surface area contributed by atoms with Gasteiger partial charge in [0.05, 0.1) is 17.0 Å².